The molecule has 0 saturated heterocycles. The summed E-state index contributed by atoms with van der Waals surface area (Å²) in [6.07, 6.45) is 3.40. The predicted molar refractivity (Wildman–Crippen MR) is 113 cm³/mol. The average Bonchev–Trinajstić information content (AvgIpc) is 3.01. The van der Waals surface area contributed by atoms with Crippen molar-refractivity contribution in [3.05, 3.63) is 36.5 Å². The Kier molecular flexibility index (Phi) is 9.98. The Hall–Kier alpha value is -1.77. The summed E-state index contributed by atoms with van der Waals surface area (Å²) in [6.45, 7) is 4.97. The van der Waals surface area contributed by atoms with Crippen LogP contribution in [0.2, 0.25) is 0 Å². The molecule has 6 nitrogen and oxygen atoms in total. The molecule has 0 aliphatic carbocycles. The lowest BCUT2D eigenvalue weighted by Gasteiger charge is -2.11. The largest absolute Gasteiger partial charge is 0.469 e. The number of nitrogens with one attached hydrogen (secondary N) is 2. The number of aromatic nitrogens is 1. The number of aryl methyl sites for hydroxylation is 1. The summed E-state index contributed by atoms with van der Waals surface area (Å²) in [5.41, 5.74) is 1.25. The molecule has 25 heavy (non-hydrogen) atoms. The third-order valence-corrected chi connectivity index (χ3v) is 3.70. The molecule has 2 rings (SSSR count). The topological polar surface area (TPSA) is 67.7 Å². The van der Waals surface area contributed by atoms with E-state index in [1.165, 1.54) is 18.0 Å². The third-order valence-electron chi connectivity index (χ3n) is 3.70. The van der Waals surface area contributed by atoms with Gasteiger partial charge in [-0.2, -0.15) is 0 Å². The number of ether oxygens (including phenoxy) is 1. The summed E-state index contributed by atoms with van der Waals surface area (Å²) in [5, 5.41) is 7.58. The minimum absolute atomic E-state index is 0. The van der Waals surface area contributed by atoms with Crippen molar-refractivity contribution in [2.24, 2.45) is 4.99 Å². The van der Waals surface area contributed by atoms with E-state index in [9.17, 15) is 4.79 Å². The van der Waals surface area contributed by atoms with Crippen molar-refractivity contribution >= 4 is 46.8 Å². The number of halogens is 1. The number of para-hydroxylation sites is 1. The highest BCUT2D eigenvalue weighted by Gasteiger charge is 2.02. The maximum absolute atomic E-state index is 11.1. The number of carbonyl (C=O) groups excluding carboxylic acids is 1. The van der Waals surface area contributed by atoms with Gasteiger partial charge in [0.05, 0.1) is 13.5 Å². The van der Waals surface area contributed by atoms with Crippen LogP contribution in [0.25, 0.3) is 10.9 Å². The highest BCUT2D eigenvalue weighted by molar-refractivity contribution is 14.0. The summed E-state index contributed by atoms with van der Waals surface area (Å²) < 4.78 is 6.88. The van der Waals surface area contributed by atoms with Crippen LogP contribution < -0.4 is 10.6 Å². The second-order valence-corrected chi connectivity index (χ2v) is 5.44. The van der Waals surface area contributed by atoms with Gasteiger partial charge in [-0.3, -0.25) is 9.79 Å². The first-order valence-corrected chi connectivity index (χ1v) is 8.37. The van der Waals surface area contributed by atoms with Crippen molar-refractivity contribution in [3.8, 4) is 0 Å². The summed E-state index contributed by atoms with van der Waals surface area (Å²) in [6, 6.07) is 10.5. The number of guanidine groups is 1. The third kappa shape index (κ3) is 6.93. The first-order chi connectivity index (χ1) is 11.7. The summed E-state index contributed by atoms with van der Waals surface area (Å²) in [4.78, 5) is 15.7. The molecule has 1 aromatic carbocycles. The van der Waals surface area contributed by atoms with Crippen molar-refractivity contribution in [2.45, 2.75) is 26.3 Å². The second kappa shape index (κ2) is 11.7. The first kappa shape index (κ1) is 21.3. The van der Waals surface area contributed by atoms with Crippen LogP contribution >= 0.6 is 24.0 Å². The van der Waals surface area contributed by atoms with E-state index in [4.69, 9.17) is 0 Å². The van der Waals surface area contributed by atoms with Crippen LogP contribution in [0.3, 0.4) is 0 Å². The molecule has 0 aliphatic rings. The van der Waals surface area contributed by atoms with E-state index in [0.29, 0.717) is 13.0 Å². The van der Waals surface area contributed by atoms with Crippen molar-refractivity contribution in [3.63, 3.8) is 0 Å². The van der Waals surface area contributed by atoms with Crippen LogP contribution in [0, 0.1) is 0 Å². The molecule has 1 heterocycles. The lowest BCUT2D eigenvalue weighted by Crippen LogP contribution is -2.38. The van der Waals surface area contributed by atoms with Gasteiger partial charge in [-0.25, -0.2) is 0 Å². The fraction of sp³-hybridized carbons (Fsp3) is 0.444. The molecule has 2 N–H and O–H groups in total. The summed E-state index contributed by atoms with van der Waals surface area (Å²) in [7, 11) is 1.40. The smallest absolute Gasteiger partial charge is 0.307 e. The molecule has 0 saturated carbocycles. The first-order valence-electron chi connectivity index (χ1n) is 8.37. The molecule has 0 radical (unpaired) electrons. The molecular weight excluding hydrogens is 431 g/mol. The predicted octanol–water partition coefficient (Wildman–Crippen LogP) is 2.77. The van der Waals surface area contributed by atoms with E-state index < -0.39 is 0 Å². The zero-order valence-corrected chi connectivity index (χ0v) is 17.2. The van der Waals surface area contributed by atoms with E-state index in [2.05, 4.69) is 61.5 Å². The molecule has 2 aromatic rings. The van der Waals surface area contributed by atoms with Gasteiger partial charge in [0, 0.05) is 37.9 Å². The van der Waals surface area contributed by atoms with E-state index >= 15 is 0 Å². The van der Waals surface area contributed by atoms with Gasteiger partial charge in [0.2, 0.25) is 0 Å². The molecule has 0 unspecified atom stereocenters. The fourth-order valence-electron chi connectivity index (χ4n) is 2.49. The lowest BCUT2D eigenvalue weighted by molar-refractivity contribution is -0.140. The van der Waals surface area contributed by atoms with Crippen molar-refractivity contribution in [1.29, 1.82) is 0 Å². The van der Waals surface area contributed by atoms with Gasteiger partial charge in [-0.15, -0.1) is 24.0 Å². The Morgan fingerprint density at radius 3 is 2.80 bits per heavy atom. The van der Waals surface area contributed by atoms with E-state index in [1.807, 2.05) is 6.92 Å². The Bertz CT molecular complexity index is 685. The second-order valence-electron chi connectivity index (χ2n) is 5.44. The van der Waals surface area contributed by atoms with Crippen LogP contribution in [0.4, 0.5) is 0 Å². The minimum Gasteiger partial charge on any atom is -0.469 e. The molecule has 7 heteroatoms. The van der Waals surface area contributed by atoms with Gasteiger partial charge < -0.3 is 19.9 Å². The van der Waals surface area contributed by atoms with E-state index in [-0.39, 0.29) is 29.9 Å². The molecule has 0 atom stereocenters. The number of nitrogens with zero attached hydrogens (tertiary/aromatic N) is 2. The van der Waals surface area contributed by atoms with Crippen molar-refractivity contribution < 1.29 is 9.53 Å². The average molecular weight is 458 g/mol. The number of benzene rings is 1. The van der Waals surface area contributed by atoms with Gasteiger partial charge in [-0.05, 0) is 30.9 Å². The monoisotopic (exact) mass is 458 g/mol. The maximum atomic E-state index is 11.1. The zero-order valence-electron chi connectivity index (χ0n) is 14.8. The lowest BCUT2D eigenvalue weighted by atomic mass is 10.2. The Labute approximate surface area is 166 Å². The number of hydrogen-bond donors (Lipinski definition) is 2. The normalized spacial score (nSPS) is 11.0. The number of carbonyl (C=O) groups is 1. The van der Waals surface area contributed by atoms with Gasteiger partial charge in [-0.1, -0.05) is 18.2 Å². The molecular formula is C18H27IN4O2. The molecule has 0 amide bonds. The number of aliphatic imine (C=N–C) groups is 1. The Balaban J connectivity index is 0.00000312. The van der Waals surface area contributed by atoms with Gasteiger partial charge in [0.25, 0.3) is 0 Å². The standard InChI is InChI=1S/C18H26N4O2.HI/c1-3-19-18(21-12-9-17(23)24-2)20-11-6-13-22-14-10-15-7-4-5-8-16(15)22;/h4-5,7-8,10,14H,3,6,9,11-13H2,1-2H3,(H2,19,20,21);1H. The summed E-state index contributed by atoms with van der Waals surface area (Å²) in [5.74, 6) is 0.511. The van der Waals surface area contributed by atoms with Crippen LogP contribution in [0.15, 0.2) is 41.5 Å². The number of methoxy groups -OCH3 is 1. The van der Waals surface area contributed by atoms with Crippen LogP contribution in [0.5, 0.6) is 0 Å². The highest BCUT2D eigenvalue weighted by Crippen LogP contribution is 2.15. The number of rotatable bonds is 8. The molecule has 138 valence electrons. The van der Waals surface area contributed by atoms with Gasteiger partial charge in [0.1, 0.15) is 0 Å². The Morgan fingerprint density at radius 1 is 1.24 bits per heavy atom. The number of fused-ring (bicyclic) bond motifs is 1. The quantitative estimate of drug-likeness (QED) is 0.210. The molecule has 0 fully saturated rings. The summed E-state index contributed by atoms with van der Waals surface area (Å²) >= 11 is 0. The van der Waals surface area contributed by atoms with Crippen LogP contribution in [0.1, 0.15) is 19.8 Å². The van der Waals surface area contributed by atoms with Crippen LogP contribution in [-0.4, -0.2) is 43.2 Å². The zero-order chi connectivity index (χ0) is 17.2. The maximum Gasteiger partial charge on any atom is 0.307 e. The highest BCUT2D eigenvalue weighted by atomic mass is 127. The van der Waals surface area contributed by atoms with E-state index in [1.54, 1.807) is 0 Å². The number of hydrogen-bond acceptors (Lipinski definition) is 3. The van der Waals surface area contributed by atoms with Gasteiger partial charge in [0.15, 0.2) is 5.96 Å². The SMILES string of the molecule is CCNC(=NCCCn1ccc2ccccc21)NCCC(=O)OC.I. The van der Waals surface area contributed by atoms with Crippen molar-refractivity contribution in [1.82, 2.24) is 15.2 Å². The fourth-order valence-corrected chi connectivity index (χ4v) is 2.49. The van der Waals surface area contributed by atoms with E-state index in [0.717, 1.165) is 32.0 Å². The Morgan fingerprint density at radius 2 is 2.04 bits per heavy atom. The molecule has 0 spiro atoms. The molecule has 1 aromatic heterocycles. The minimum atomic E-state index is -0.224. The molecule has 0 bridgehead atoms. The van der Waals surface area contributed by atoms with Crippen LogP contribution in [-0.2, 0) is 16.1 Å². The number of esters is 1. The van der Waals surface area contributed by atoms with Gasteiger partial charge >= 0.3 is 5.97 Å². The molecule has 0 aliphatic heterocycles. The van der Waals surface area contributed by atoms with Crippen molar-refractivity contribution in [2.75, 3.05) is 26.7 Å².